The Kier molecular flexibility index (Phi) is 5.96. The van der Waals surface area contributed by atoms with Crippen LogP contribution in [0.3, 0.4) is 0 Å². The summed E-state index contributed by atoms with van der Waals surface area (Å²) in [4.78, 5) is 17.2. The number of nitrogens with zero attached hydrogens (tertiary/aromatic N) is 8. The van der Waals surface area contributed by atoms with Crippen molar-refractivity contribution in [1.29, 1.82) is 0 Å². The highest BCUT2D eigenvalue weighted by Gasteiger charge is 2.26. The Hall–Kier alpha value is -4.04. The smallest absolute Gasteiger partial charge is 0.293 e. The number of phenolic OH excluding ortho intramolecular Hbond substituents is 2. The van der Waals surface area contributed by atoms with Gasteiger partial charge in [0.15, 0.2) is 5.69 Å². The number of carbonyl (C=O) groups excluding carboxylic acids is 1. The Morgan fingerprint density at radius 1 is 1.28 bits per heavy atom. The van der Waals surface area contributed by atoms with Gasteiger partial charge in [-0.15, -0.1) is 5.10 Å². The van der Waals surface area contributed by atoms with Crippen molar-refractivity contribution in [3.8, 4) is 17.3 Å². The molecule has 1 aliphatic heterocycles. The van der Waals surface area contributed by atoms with Gasteiger partial charge in [0.1, 0.15) is 11.5 Å². The minimum Gasteiger partial charge on any atom is -0.508 e. The second-order valence-corrected chi connectivity index (χ2v) is 7.29. The van der Waals surface area contributed by atoms with Crippen LogP contribution >= 0.6 is 0 Å². The maximum atomic E-state index is 12.8. The zero-order chi connectivity index (χ0) is 22.7. The fraction of sp³-hybridized carbons (Fsp3) is 0.333. The van der Waals surface area contributed by atoms with Crippen LogP contribution in [0.5, 0.6) is 11.5 Å². The van der Waals surface area contributed by atoms with Crippen molar-refractivity contribution in [2.24, 2.45) is 5.10 Å². The molecule has 0 spiro atoms. The quantitative estimate of drug-likeness (QED) is 0.275. The van der Waals surface area contributed by atoms with Gasteiger partial charge in [0.25, 0.3) is 5.91 Å². The third-order valence-electron chi connectivity index (χ3n) is 5.03. The number of amides is 1. The van der Waals surface area contributed by atoms with Crippen LogP contribution in [0.4, 0.5) is 5.82 Å². The number of benzene rings is 1. The number of carbonyl (C=O) groups is 1. The summed E-state index contributed by atoms with van der Waals surface area (Å²) in [5.74, 6) is -0.723. The predicted octanol–water partition coefficient (Wildman–Crippen LogP) is -0.845. The van der Waals surface area contributed by atoms with E-state index in [9.17, 15) is 15.0 Å². The van der Waals surface area contributed by atoms with Crippen molar-refractivity contribution >= 4 is 17.9 Å². The average Bonchev–Trinajstić information content (AvgIpc) is 3.37. The highest BCUT2D eigenvalue weighted by atomic mass is 16.6. The summed E-state index contributed by atoms with van der Waals surface area (Å²) < 4.78 is 5.99. The summed E-state index contributed by atoms with van der Waals surface area (Å²) in [6.45, 7) is 3.74. The van der Waals surface area contributed by atoms with Crippen molar-refractivity contribution in [2.45, 2.75) is 6.54 Å². The van der Waals surface area contributed by atoms with E-state index >= 15 is 0 Å². The van der Waals surface area contributed by atoms with Gasteiger partial charge in [-0.05, 0) is 29.5 Å². The Balaban J connectivity index is 1.56. The van der Waals surface area contributed by atoms with Gasteiger partial charge in [-0.3, -0.25) is 9.69 Å². The number of likely N-dealkylation sites (N-methyl/N-ethyl adjacent to an activating group) is 1. The molecule has 5 N–H and O–H groups in total. The van der Waals surface area contributed by atoms with Gasteiger partial charge in [0, 0.05) is 44.4 Å². The van der Waals surface area contributed by atoms with E-state index in [1.807, 2.05) is 7.05 Å². The monoisotopic (exact) mass is 442 g/mol. The third-order valence-corrected chi connectivity index (χ3v) is 5.03. The molecule has 0 saturated carbocycles. The lowest BCUT2D eigenvalue weighted by Crippen LogP contribution is -2.44. The number of hydrogen-bond donors (Lipinski definition) is 4. The van der Waals surface area contributed by atoms with Crippen molar-refractivity contribution in [3.05, 3.63) is 35.2 Å². The number of nitrogens with one attached hydrogen (secondary N) is 1. The predicted molar refractivity (Wildman–Crippen MR) is 111 cm³/mol. The first-order valence-electron chi connectivity index (χ1n) is 9.71. The number of aromatic nitrogens is 5. The summed E-state index contributed by atoms with van der Waals surface area (Å²) >= 11 is 0. The zero-order valence-electron chi connectivity index (χ0n) is 17.2. The molecular formula is C18H22N10O4. The first-order valence-corrected chi connectivity index (χ1v) is 9.71. The second kappa shape index (κ2) is 8.99. The second-order valence-electron chi connectivity index (χ2n) is 7.29. The molecule has 32 heavy (non-hydrogen) atoms. The van der Waals surface area contributed by atoms with Gasteiger partial charge >= 0.3 is 0 Å². The SMILES string of the molecule is CN1CCN(Cc2c(C(=O)N/N=C\c3ccc(O)cc3O)nnn2-c2nonc2N)CC1. The lowest BCUT2D eigenvalue weighted by Gasteiger charge is -2.32. The highest BCUT2D eigenvalue weighted by Crippen LogP contribution is 2.21. The van der Waals surface area contributed by atoms with Crippen LogP contribution in [0, 0.1) is 0 Å². The molecule has 1 saturated heterocycles. The van der Waals surface area contributed by atoms with Crippen LogP contribution in [0.1, 0.15) is 21.7 Å². The molecule has 1 aromatic carbocycles. The summed E-state index contributed by atoms with van der Waals surface area (Å²) in [6, 6.07) is 4.01. The fourth-order valence-electron chi connectivity index (χ4n) is 3.20. The average molecular weight is 442 g/mol. The molecule has 3 aromatic rings. The van der Waals surface area contributed by atoms with Crippen LogP contribution in [0.25, 0.3) is 5.82 Å². The summed E-state index contributed by atoms with van der Waals surface area (Å²) in [6.07, 6.45) is 1.25. The van der Waals surface area contributed by atoms with Gasteiger partial charge in [0.2, 0.25) is 11.6 Å². The minimum atomic E-state index is -0.607. The molecule has 1 fully saturated rings. The van der Waals surface area contributed by atoms with E-state index in [4.69, 9.17) is 5.73 Å². The van der Waals surface area contributed by atoms with E-state index in [2.05, 4.69) is 45.6 Å². The maximum absolute atomic E-state index is 12.8. The van der Waals surface area contributed by atoms with E-state index in [0.29, 0.717) is 17.8 Å². The van der Waals surface area contributed by atoms with E-state index in [1.165, 1.54) is 29.1 Å². The number of aromatic hydroxyl groups is 2. The molecule has 0 aliphatic carbocycles. The minimum absolute atomic E-state index is 0.0160. The Bertz CT molecular complexity index is 1130. The molecule has 3 heterocycles. The zero-order valence-corrected chi connectivity index (χ0v) is 17.2. The van der Waals surface area contributed by atoms with E-state index in [1.54, 1.807) is 0 Å². The van der Waals surface area contributed by atoms with E-state index < -0.39 is 5.91 Å². The molecule has 168 valence electrons. The molecule has 14 nitrogen and oxygen atoms in total. The highest BCUT2D eigenvalue weighted by molar-refractivity contribution is 5.94. The van der Waals surface area contributed by atoms with Crippen LogP contribution < -0.4 is 11.2 Å². The van der Waals surface area contributed by atoms with Crippen molar-refractivity contribution < 1.29 is 19.6 Å². The van der Waals surface area contributed by atoms with Crippen molar-refractivity contribution in [3.63, 3.8) is 0 Å². The van der Waals surface area contributed by atoms with Gasteiger partial charge in [-0.25, -0.2) is 10.1 Å². The molecule has 0 bridgehead atoms. The van der Waals surface area contributed by atoms with Crippen molar-refractivity contribution in [2.75, 3.05) is 39.0 Å². The van der Waals surface area contributed by atoms with Crippen LogP contribution in [0.2, 0.25) is 0 Å². The number of phenols is 2. The third kappa shape index (κ3) is 4.50. The molecule has 4 rings (SSSR count). The fourth-order valence-corrected chi connectivity index (χ4v) is 3.20. The molecule has 14 heteroatoms. The number of hydrazone groups is 1. The first kappa shape index (κ1) is 21.2. The molecule has 0 unspecified atom stereocenters. The molecule has 1 aliphatic rings. The molecule has 0 atom stereocenters. The summed E-state index contributed by atoms with van der Waals surface area (Å²) in [5.41, 5.74) is 8.98. The van der Waals surface area contributed by atoms with Gasteiger partial charge in [-0.1, -0.05) is 5.21 Å². The molecule has 2 aromatic heterocycles. The number of nitrogens with two attached hydrogens (primary N) is 1. The van der Waals surface area contributed by atoms with Gasteiger partial charge in [-0.2, -0.15) is 9.78 Å². The molecular weight excluding hydrogens is 420 g/mol. The lowest BCUT2D eigenvalue weighted by molar-refractivity contribution is 0.0946. The normalized spacial score (nSPS) is 15.4. The Morgan fingerprint density at radius 3 is 2.75 bits per heavy atom. The number of anilines is 1. The van der Waals surface area contributed by atoms with Gasteiger partial charge in [0.05, 0.1) is 11.9 Å². The summed E-state index contributed by atoms with van der Waals surface area (Å²) in [7, 11) is 2.05. The maximum Gasteiger partial charge on any atom is 0.293 e. The van der Waals surface area contributed by atoms with Crippen LogP contribution in [-0.2, 0) is 6.54 Å². The van der Waals surface area contributed by atoms with E-state index in [0.717, 1.165) is 26.2 Å². The standard InChI is InChI=1S/C18H22N10O4/c1-26-4-6-27(7-5-26)10-13-15(21-25-28(13)17-16(19)23-32-24-17)18(31)22-20-9-11-2-3-12(29)8-14(11)30/h2-3,8-9,29-30H,4-7,10H2,1H3,(H2,19,23)(H,22,31)/b20-9-. The number of piperazine rings is 1. The van der Waals surface area contributed by atoms with Crippen molar-refractivity contribution in [1.82, 2.24) is 40.5 Å². The number of hydrogen-bond acceptors (Lipinski definition) is 12. The Morgan fingerprint density at radius 2 is 2.06 bits per heavy atom. The summed E-state index contributed by atoms with van der Waals surface area (Å²) in [5, 5.41) is 38.4. The molecule has 1 amide bonds. The van der Waals surface area contributed by atoms with Crippen LogP contribution in [-0.4, -0.2) is 90.7 Å². The number of nitrogen functional groups attached to an aromatic ring is 1. The van der Waals surface area contributed by atoms with Crippen LogP contribution in [0.15, 0.2) is 27.9 Å². The van der Waals surface area contributed by atoms with E-state index in [-0.39, 0.29) is 28.8 Å². The topological polar surface area (TPSA) is 184 Å². The number of rotatable bonds is 6. The lowest BCUT2D eigenvalue weighted by atomic mass is 10.2. The first-order chi connectivity index (χ1) is 15.4. The Labute approximate surface area is 181 Å². The molecule has 0 radical (unpaired) electrons. The largest absolute Gasteiger partial charge is 0.508 e. The van der Waals surface area contributed by atoms with Gasteiger partial charge < -0.3 is 20.8 Å².